The Morgan fingerprint density at radius 3 is 1.32 bits per heavy atom. The Hall–Kier alpha value is -4.73. The van der Waals surface area contributed by atoms with Crippen LogP contribution in [0.1, 0.15) is 0 Å². The van der Waals surface area contributed by atoms with Gasteiger partial charge in [0.2, 0.25) is 0 Å². The number of nitrogen functional groups attached to an aromatic ring is 1. The zero-order valence-corrected chi connectivity index (χ0v) is 19.7. The smallest absolute Gasteiger partial charge is 0.323 e. The highest BCUT2D eigenvalue weighted by atomic mass is 16.2. The molecule has 0 bridgehead atoms. The molecule has 7 rings (SSSR count). The second kappa shape index (κ2) is 7.89. The van der Waals surface area contributed by atoms with Gasteiger partial charge in [0.15, 0.2) is 0 Å². The minimum atomic E-state index is -0.297. The molecule has 6 amide bonds. The largest absolute Gasteiger partial charge is 0.395 e. The molecule has 5 N–H and O–H groups in total. The molecule has 37 heavy (non-hydrogen) atoms. The van der Waals surface area contributed by atoms with Crippen molar-refractivity contribution < 1.29 is 14.4 Å². The number of amides is 6. The van der Waals surface area contributed by atoms with E-state index in [1.165, 1.54) is 0 Å². The molecule has 10 nitrogen and oxygen atoms in total. The van der Waals surface area contributed by atoms with Gasteiger partial charge in [0.05, 0.1) is 59.0 Å². The Morgan fingerprint density at radius 1 is 0.541 bits per heavy atom. The molecule has 6 atom stereocenters. The highest BCUT2D eigenvalue weighted by Crippen LogP contribution is 2.44. The van der Waals surface area contributed by atoms with Crippen LogP contribution in [0.4, 0.5) is 37.1 Å². The Morgan fingerprint density at radius 2 is 0.892 bits per heavy atom. The predicted molar refractivity (Wildman–Crippen MR) is 141 cm³/mol. The Balaban J connectivity index is 1.40. The molecule has 3 fully saturated rings. The van der Waals surface area contributed by atoms with Gasteiger partial charge in [-0.2, -0.15) is 0 Å². The minimum absolute atomic E-state index is 0.182. The van der Waals surface area contributed by atoms with E-state index >= 15 is 0 Å². The summed E-state index contributed by atoms with van der Waals surface area (Å²) >= 11 is 0. The van der Waals surface area contributed by atoms with E-state index in [1.54, 1.807) is 26.8 Å². The summed E-state index contributed by atoms with van der Waals surface area (Å²) in [6, 6.07) is 1.24. The van der Waals surface area contributed by atoms with E-state index < -0.39 is 0 Å². The van der Waals surface area contributed by atoms with Crippen LogP contribution in [0.2, 0.25) is 0 Å². The number of hydrogen-bond donors (Lipinski definition) is 4. The van der Waals surface area contributed by atoms with Crippen molar-refractivity contribution in [1.82, 2.24) is 16.0 Å². The summed E-state index contributed by atoms with van der Waals surface area (Å²) in [7, 11) is 0. The molecule has 0 aromatic heterocycles. The zero-order chi connectivity index (χ0) is 25.3. The number of carbonyl (C=O) groups is 3. The molecule has 1 aromatic carbocycles. The highest BCUT2D eigenvalue weighted by molar-refractivity contribution is 6.08. The summed E-state index contributed by atoms with van der Waals surface area (Å²) in [6.07, 6.45) is 23.0. The number of carbonyl (C=O) groups excluding carboxylic acids is 3. The lowest BCUT2D eigenvalue weighted by atomic mass is 10.0. The van der Waals surface area contributed by atoms with E-state index in [-0.39, 0.29) is 60.0 Å². The number of rotatable bonds is 3. The van der Waals surface area contributed by atoms with Gasteiger partial charge >= 0.3 is 18.1 Å². The number of anilines is 4. The fourth-order valence-electron chi connectivity index (χ4n) is 5.94. The lowest BCUT2D eigenvalue weighted by Crippen LogP contribution is -2.39. The number of nitrogens with one attached hydrogen (secondary N) is 3. The summed E-state index contributed by atoms with van der Waals surface area (Å²) in [5, 5.41) is 8.97. The Kier molecular flexibility index (Phi) is 4.59. The van der Waals surface area contributed by atoms with Gasteiger partial charge in [-0.05, 0) is 12.1 Å². The van der Waals surface area contributed by atoms with Crippen LogP contribution in [-0.4, -0.2) is 54.3 Å². The first-order valence-electron chi connectivity index (χ1n) is 12.3. The normalized spacial score (nSPS) is 32.4. The van der Waals surface area contributed by atoms with Crippen molar-refractivity contribution in [2.45, 2.75) is 36.3 Å². The van der Waals surface area contributed by atoms with E-state index in [9.17, 15) is 14.4 Å². The van der Waals surface area contributed by atoms with E-state index in [4.69, 9.17) is 5.73 Å². The van der Waals surface area contributed by atoms with Crippen molar-refractivity contribution in [2.24, 2.45) is 0 Å². The fourth-order valence-corrected chi connectivity index (χ4v) is 5.94. The van der Waals surface area contributed by atoms with E-state index in [2.05, 4.69) is 16.0 Å². The number of urea groups is 3. The molecule has 3 aliphatic carbocycles. The molecule has 186 valence electrons. The molecule has 0 radical (unpaired) electrons. The molecular formula is C27H25N7O3. The van der Waals surface area contributed by atoms with Crippen LogP contribution in [0.25, 0.3) is 0 Å². The van der Waals surface area contributed by atoms with Gasteiger partial charge in [-0.1, -0.05) is 72.9 Å². The fraction of sp³-hybridized carbons (Fsp3) is 0.222. The van der Waals surface area contributed by atoms with Crippen molar-refractivity contribution in [1.29, 1.82) is 0 Å². The van der Waals surface area contributed by atoms with Gasteiger partial charge in [0.1, 0.15) is 0 Å². The van der Waals surface area contributed by atoms with Gasteiger partial charge in [0, 0.05) is 0 Å². The van der Waals surface area contributed by atoms with E-state index in [1.807, 2.05) is 72.9 Å². The number of benzene rings is 1. The highest BCUT2D eigenvalue weighted by Gasteiger charge is 2.44. The van der Waals surface area contributed by atoms with Crippen LogP contribution in [0.3, 0.4) is 0 Å². The molecule has 3 heterocycles. The molecule has 6 aliphatic rings. The monoisotopic (exact) mass is 495 g/mol. The number of hydrogen-bond acceptors (Lipinski definition) is 4. The van der Waals surface area contributed by atoms with E-state index in [0.29, 0.717) is 17.1 Å². The summed E-state index contributed by atoms with van der Waals surface area (Å²) in [6.45, 7) is 0. The molecule has 10 heteroatoms. The van der Waals surface area contributed by atoms with Crippen LogP contribution in [-0.2, 0) is 0 Å². The second-order valence-corrected chi connectivity index (χ2v) is 9.71. The number of fused-ring (bicyclic) bond motifs is 3. The van der Waals surface area contributed by atoms with Crippen molar-refractivity contribution in [3.8, 4) is 0 Å². The molecular weight excluding hydrogens is 470 g/mol. The Bertz CT molecular complexity index is 1330. The van der Waals surface area contributed by atoms with Crippen molar-refractivity contribution in [2.75, 3.05) is 20.4 Å². The Labute approximate surface area is 213 Å². The van der Waals surface area contributed by atoms with Crippen LogP contribution < -0.4 is 36.4 Å². The first-order chi connectivity index (χ1) is 18.0. The van der Waals surface area contributed by atoms with Crippen molar-refractivity contribution in [3.63, 3.8) is 0 Å². The summed E-state index contributed by atoms with van der Waals surface area (Å²) in [5.74, 6) is 0. The summed E-state index contributed by atoms with van der Waals surface area (Å²) < 4.78 is 0. The average molecular weight is 496 g/mol. The van der Waals surface area contributed by atoms with Crippen molar-refractivity contribution >= 4 is 40.8 Å². The van der Waals surface area contributed by atoms with Gasteiger partial charge in [-0.25, -0.2) is 14.4 Å². The van der Waals surface area contributed by atoms with Gasteiger partial charge in [-0.3, -0.25) is 14.7 Å². The number of allylic oxidation sites excluding steroid dienone is 6. The zero-order valence-electron chi connectivity index (χ0n) is 19.7. The molecule has 3 aliphatic heterocycles. The van der Waals surface area contributed by atoms with E-state index in [0.717, 1.165) is 0 Å². The molecule has 0 saturated carbocycles. The standard InChI is InChI=1S/C27H25N7O3/c28-24-22(33-20-11-5-2-8-17(20)30-26(33)36)13-15(32-19-10-4-1-7-16(19)29-25(32)35)14-23(24)34-21-12-6-3-9-18(21)31-27(34)37/h1-14,16-21H,28H2,(H,29,35)(H,30,36)(H,31,37). The van der Waals surface area contributed by atoms with Gasteiger partial charge in [-0.15, -0.1) is 0 Å². The van der Waals surface area contributed by atoms with Crippen molar-refractivity contribution in [3.05, 3.63) is 85.0 Å². The SMILES string of the molecule is Nc1c(N2C(=O)NC3C=CC=CC32)cc(N2C(=O)NC3C=CC=CC32)cc1N1C(=O)NC2C=CC=CC21. The topological polar surface area (TPSA) is 123 Å². The molecule has 1 aromatic rings. The summed E-state index contributed by atoms with van der Waals surface area (Å²) in [4.78, 5) is 44.5. The quantitative estimate of drug-likeness (QED) is 0.481. The number of nitrogens with two attached hydrogens (primary N) is 1. The molecule has 6 unspecified atom stereocenters. The van der Waals surface area contributed by atoms with Crippen LogP contribution >= 0.6 is 0 Å². The maximum Gasteiger partial charge on any atom is 0.323 e. The minimum Gasteiger partial charge on any atom is -0.395 e. The van der Waals surface area contributed by atoms with Crippen LogP contribution in [0.15, 0.2) is 85.0 Å². The lowest BCUT2D eigenvalue weighted by Gasteiger charge is -2.32. The lowest BCUT2D eigenvalue weighted by molar-refractivity contribution is 0.250. The third-order valence-electron chi connectivity index (χ3n) is 7.66. The van der Waals surface area contributed by atoms with Gasteiger partial charge in [0.25, 0.3) is 0 Å². The molecule has 3 saturated heterocycles. The van der Waals surface area contributed by atoms with Crippen LogP contribution in [0, 0.1) is 0 Å². The maximum atomic E-state index is 13.2. The summed E-state index contributed by atoms with van der Waals surface area (Å²) in [5.41, 5.74) is 8.49. The predicted octanol–water partition coefficient (Wildman–Crippen LogP) is 2.45. The average Bonchev–Trinajstić information content (AvgIpc) is 3.53. The first-order valence-corrected chi connectivity index (χ1v) is 12.3. The third-order valence-corrected chi connectivity index (χ3v) is 7.66. The third kappa shape index (κ3) is 3.15. The number of nitrogens with zero attached hydrogens (tertiary/aromatic N) is 3. The maximum absolute atomic E-state index is 13.2. The first kappa shape index (κ1) is 21.5. The van der Waals surface area contributed by atoms with Gasteiger partial charge < -0.3 is 21.7 Å². The molecule has 0 spiro atoms. The second-order valence-electron chi connectivity index (χ2n) is 9.71. The van der Waals surface area contributed by atoms with Crippen LogP contribution in [0.5, 0.6) is 0 Å².